The van der Waals surface area contributed by atoms with Crippen molar-refractivity contribution in [2.75, 3.05) is 13.1 Å². The quantitative estimate of drug-likeness (QED) is 0.917. The first-order chi connectivity index (χ1) is 11.3. The second-order valence-electron chi connectivity index (χ2n) is 6.83. The van der Waals surface area contributed by atoms with Gasteiger partial charge in [0, 0.05) is 24.7 Å². The highest BCUT2D eigenvalue weighted by molar-refractivity contribution is 7.89. The van der Waals surface area contributed by atoms with E-state index < -0.39 is 10.0 Å². The van der Waals surface area contributed by atoms with Gasteiger partial charge < -0.3 is 5.73 Å². The number of aromatic nitrogens is 2. The van der Waals surface area contributed by atoms with Crippen LogP contribution in [0.1, 0.15) is 20.3 Å². The zero-order valence-corrected chi connectivity index (χ0v) is 14.7. The molecule has 7 heteroatoms. The Bertz CT molecular complexity index is 804. The van der Waals surface area contributed by atoms with Crippen molar-refractivity contribution < 1.29 is 8.42 Å². The van der Waals surface area contributed by atoms with Crippen LogP contribution in [0.5, 0.6) is 0 Å². The second-order valence-corrected chi connectivity index (χ2v) is 8.77. The van der Waals surface area contributed by atoms with Gasteiger partial charge in [-0.15, -0.1) is 0 Å². The Hall–Kier alpha value is -1.83. The van der Waals surface area contributed by atoms with Crippen molar-refractivity contribution in [1.29, 1.82) is 0 Å². The van der Waals surface area contributed by atoms with Gasteiger partial charge in [-0.2, -0.15) is 4.31 Å². The Morgan fingerprint density at radius 2 is 1.79 bits per heavy atom. The van der Waals surface area contributed by atoms with Gasteiger partial charge in [-0.25, -0.2) is 18.4 Å². The minimum absolute atomic E-state index is 0.000608. The number of nitrogens with zero attached hydrogens (tertiary/aromatic N) is 3. The van der Waals surface area contributed by atoms with Crippen molar-refractivity contribution in [3.63, 3.8) is 0 Å². The van der Waals surface area contributed by atoms with Crippen LogP contribution >= 0.6 is 0 Å². The Morgan fingerprint density at radius 1 is 1.17 bits per heavy atom. The molecule has 0 aliphatic carbocycles. The van der Waals surface area contributed by atoms with E-state index in [4.69, 9.17) is 5.73 Å². The third-order valence-electron chi connectivity index (χ3n) is 4.58. The van der Waals surface area contributed by atoms with Gasteiger partial charge in [-0.1, -0.05) is 44.2 Å². The molecule has 1 atom stereocenters. The van der Waals surface area contributed by atoms with Crippen LogP contribution < -0.4 is 5.73 Å². The molecule has 1 saturated heterocycles. The van der Waals surface area contributed by atoms with Crippen molar-refractivity contribution in [2.45, 2.75) is 31.2 Å². The van der Waals surface area contributed by atoms with Gasteiger partial charge in [0.2, 0.25) is 10.0 Å². The molecule has 1 fully saturated rings. The number of hydrogen-bond acceptors (Lipinski definition) is 5. The van der Waals surface area contributed by atoms with Crippen LogP contribution in [0.25, 0.3) is 11.4 Å². The summed E-state index contributed by atoms with van der Waals surface area (Å²) in [6, 6.07) is 9.46. The van der Waals surface area contributed by atoms with Crippen molar-refractivity contribution in [3.05, 3.63) is 42.7 Å². The first-order valence-corrected chi connectivity index (χ1v) is 9.38. The summed E-state index contributed by atoms with van der Waals surface area (Å²) in [5.74, 6) is 0.510. The summed E-state index contributed by atoms with van der Waals surface area (Å²) in [5.41, 5.74) is 6.69. The highest BCUT2D eigenvalue weighted by atomic mass is 32.2. The minimum Gasteiger partial charge on any atom is -0.327 e. The van der Waals surface area contributed by atoms with E-state index >= 15 is 0 Å². The van der Waals surface area contributed by atoms with Gasteiger partial charge in [0.25, 0.3) is 0 Å². The molecular formula is C17H22N4O2S. The fourth-order valence-corrected chi connectivity index (χ4v) is 4.38. The average molecular weight is 346 g/mol. The normalized spacial score (nSPS) is 21.5. The Balaban J connectivity index is 1.85. The summed E-state index contributed by atoms with van der Waals surface area (Å²) in [5, 5.41) is 0. The van der Waals surface area contributed by atoms with Crippen LogP contribution in [0.4, 0.5) is 0 Å². The average Bonchev–Trinajstić information content (AvgIpc) is 2.58. The number of nitrogens with two attached hydrogens (primary N) is 1. The van der Waals surface area contributed by atoms with Crippen LogP contribution in [-0.4, -0.2) is 41.8 Å². The Labute approximate surface area is 142 Å². The van der Waals surface area contributed by atoms with Crippen molar-refractivity contribution in [3.8, 4) is 11.4 Å². The molecular weight excluding hydrogens is 324 g/mol. The molecule has 2 N–H and O–H groups in total. The number of rotatable bonds is 3. The first kappa shape index (κ1) is 17.0. The predicted molar refractivity (Wildman–Crippen MR) is 92.6 cm³/mol. The summed E-state index contributed by atoms with van der Waals surface area (Å²) in [7, 11) is -3.60. The molecule has 128 valence electrons. The van der Waals surface area contributed by atoms with E-state index in [1.54, 1.807) is 0 Å². The smallest absolute Gasteiger partial charge is 0.246 e. The van der Waals surface area contributed by atoms with Crippen LogP contribution in [0.2, 0.25) is 0 Å². The molecule has 0 spiro atoms. The highest BCUT2D eigenvalue weighted by Crippen LogP contribution is 2.31. The van der Waals surface area contributed by atoms with Crippen LogP contribution in [0.3, 0.4) is 0 Å². The second kappa shape index (κ2) is 6.23. The lowest BCUT2D eigenvalue weighted by Gasteiger charge is -2.41. The monoisotopic (exact) mass is 346 g/mol. The lowest BCUT2D eigenvalue weighted by molar-refractivity contribution is 0.155. The maximum absolute atomic E-state index is 12.8. The summed E-state index contributed by atoms with van der Waals surface area (Å²) < 4.78 is 27.2. The molecule has 24 heavy (non-hydrogen) atoms. The molecule has 1 aromatic heterocycles. The summed E-state index contributed by atoms with van der Waals surface area (Å²) in [6.07, 6.45) is 3.41. The van der Waals surface area contributed by atoms with E-state index in [9.17, 15) is 8.42 Å². The summed E-state index contributed by atoms with van der Waals surface area (Å²) >= 11 is 0. The predicted octanol–water partition coefficient (Wildman–Crippen LogP) is 1.89. The SMILES string of the molecule is CC1(C)CN(S(=O)(=O)c2cnc(-c3ccccc3)nc2)CCC1N. The topological polar surface area (TPSA) is 89.2 Å². The molecule has 3 rings (SSSR count). The van der Waals surface area contributed by atoms with E-state index in [1.807, 2.05) is 44.2 Å². The molecule has 1 aliphatic rings. The molecule has 0 bridgehead atoms. The Morgan fingerprint density at radius 3 is 2.38 bits per heavy atom. The minimum atomic E-state index is -3.60. The number of sulfonamides is 1. The van der Waals surface area contributed by atoms with Crippen LogP contribution in [-0.2, 0) is 10.0 Å². The molecule has 2 heterocycles. The van der Waals surface area contributed by atoms with E-state index in [-0.39, 0.29) is 16.4 Å². The van der Waals surface area contributed by atoms with E-state index in [0.29, 0.717) is 25.3 Å². The number of hydrogen-bond donors (Lipinski definition) is 1. The zero-order valence-electron chi connectivity index (χ0n) is 13.9. The molecule has 1 aliphatic heterocycles. The van der Waals surface area contributed by atoms with Crippen molar-refractivity contribution >= 4 is 10.0 Å². The van der Waals surface area contributed by atoms with Crippen LogP contribution in [0.15, 0.2) is 47.6 Å². The van der Waals surface area contributed by atoms with E-state index in [1.165, 1.54) is 16.7 Å². The van der Waals surface area contributed by atoms with Gasteiger partial charge in [0.05, 0.1) is 12.4 Å². The lowest BCUT2D eigenvalue weighted by Crippen LogP contribution is -2.53. The first-order valence-electron chi connectivity index (χ1n) is 7.94. The van der Waals surface area contributed by atoms with E-state index in [0.717, 1.165) is 5.56 Å². The van der Waals surface area contributed by atoms with Gasteiger partial charge >= 0.3 is 0 Å². The maximum atomic E-state index is 12.8. The number of piperidine rings is 1. The molecule has 1 unspecified atom stereocenters. The van der Waals surface area contributed by atoms with Crippen molar-refractivity contribution in [1.82, 2.24) is 14.3 Å². The summed E-state index contributed by atoms with van der Waals surface area (Å²) in [6.45, 7) is 4.81. The standard InChI is InChI=1S/C17H22N4O2S/c1-17(2)12-21(9-8-15(17)18)24(22,23)14-10-19-16(20-11-14)13-6-4-3-5-7-13/h3-7,10-11,15H,8-9,12,18H2,1-2H3. The number of benzene rings is 1. The third-order valence-corrected chi connectivity index (χ3v) is 6.37. The van der Waals surface area contributed by atoms with E-state index in [2.05, 4.69) is 9.97 Å². The molecule has 0 amide bonds. The largest absolute Gasteiger partial charge is 0.327 e. The molecule has 0 radical (unpaired) electrons. The fourth-order valence-electron chi connectivity index (χ4n) is 2.86. The maximum Gasteiger partial charge on any atom is 0.246 e. The van der Waals surface area contributed by atoms with Crippen molar-refractivity contribution in [2.24, 2.45) is 11.1 Å². The fraction of sp³-hybridized carbons (Fsp3) is 0.412. The van der Waals surface area contributed by atoms with Gasteiger partial charge in [-0.05, 0) is 11.8 Å². The zero-order chi connectivity index (χ0) is 17.4. The molecule has 0 saturated carbocycles. The Kier molecular flexibility index (Phi) is 4.42. The molecule has 6 nitrogen and oxygen atoms in total. The highest BCUT2D eigenvalue weighted by Gasteiger charge is 2.39. The third kappa shape index (κ3) is 3.19. The summed E-state index contributed by atoms with van der Waals surface area (Å²) in [4.78, 5) is 8.56. The molecule has 2 aromatic rings. The molecule has 1 aromatic carbocycles. The van der Waals surface area contributed by atoms with Gasteiger partial charge in [0.15, 0.2) is 5.82 Å². The lowest BCUT2D eigenvalue weighted by atomic mass is 9.81. The van der Waals surface area contributed by atoms with Crippen LogP contribution in [0, 0.1) is 5.41 Å². The van der Waals surface area contributed by atoms with Gasteiger partial charge in [-0.3, -0.25) is 0 Å². The van der Waals surface area contributed by atoms with Gasteiger partial charge in [0.1, 0.15) is 4.90 Å².